The number of fused-ring (bicyclic) bond motifs is 1. The van der Waals surface area contributed by atoms with Gasteiger partial charge < -0.3 is 9.47 Å². The minimum absolute atomic E-state index is 0.102. The molecule has 156 valence electrons. The predicted octanol–water partition coefficient (Wildman–Crippen LogP) is 4.38. The first-order valence-corrected chi connectivity index (χ1v) is 9.66. The molecule has 3 aromatic carbocycles. The molecule has 0 saturated carbocycles. The van der Waals surface area contributed by atoms with Crippen molar-refractivity contribution < 1.29 is 28.2 Å². The zero-order valence-corrected chi connectivity index (χ0v) is 16.6. The number of carbonyl (C=O) groups is 3. The van der Waals surface area contributed by atoms with Gasteiger partial charge in [-0.3, -0.25) is 9.59 Å². The van der Waals surface area contributed by atoms with Crippen LogP contribution in [0.15, 0.2) is 66.7 Å². The number of benzene rings is 3. The van der Waals surface area contributed by atoms with Gasteiger partial charge in [0.25, 0.3) is 11.8 Å². The number of imide groups is 1. The standard InChI is InChI=1S/C24H18FNO5/c1-2-30-18-10-8-17(9-11-18)26-22(27)19-12-7-15(13-20(19)23(26)28)24(29)31-14-16-5-3-4-6-21(16)25/h3-13H,2,14H2,1H3. The van der Waals surface area contributed by atoms with E-state index in [1.165, 1.54) is 30.3 Å². The highest BCUT2D eigenvalue weighted by atomic mass is 19.1. The van der Waals surface area contributed by atoms with Gasteiger partial charge in [-0.1, -0.05) is 18.2 Å². The fourth-order valence-electron chi connectivity index (χ4n) is 3.30. The van der Waals surface area contributed by atoms with Crippen LogP contribution in [0, 0.1) is 5.82 Å². The van der Waals surface area contributed by atoms with Crippen molar-refractivity contribution in [2.45, 2.75) is 13.5 Å². The molecule has 2 amide bonds. The van der Waals surface area contributed by atoms with Gasteiger partial charge in [-0.2, -0.15) is 0 Å². The molecule has 1 heterocycles. The van der Waals surface area contributed by atoms with Crippen molar-refractivity contribution in [3.63, 3.8) is 0 Å². The quantitative estimate of drug-likeness (QED) is 0.438. The largest absolute Gasteiger partial charge is 0.494 e. The molecule has 0 bridgehead atoms. The number of halogens is 1. The molecule has 6 nitrogen and oxygen atoms in total. The van der Waals surface area contributed by atoms with Crippen molar-refractivity contribution in [3.8, 4) is 5.75 Å². The van der Waals surface area contributed by atoms with Crippen molar-refractivity contribution in [3.05, 3.63) is 94.8 Å². The van der Waals surface area contributed by atoms with Crippen molar-refractivity contribution >= 4 is 23.5 Å². The average molecular weight is 419 g/mol. The summed E-state index contributed by atoms with van der Waals surface area (Å²) in [6.07, 6.45) is 0. The number of anilines is 1. The Morgan fingerprint density at radius 3 is 2.35 bits per heavy atom. The molecule has 0 unspecified atom stereocenters. The molecule has 0 radical (unpaired) electrons. The number of ether oxygens (including phenoxy) is 2. The maximum absolute atomic E-state index is 13.7. The summed E-state index contributed by atoms with van der Waals surface area (Å²) >= 11 is 0. The second-order valence-corrected chi connectivity index (χ2v) is 6.80. The fraction of sp³-hybridized carbons (Fsp3) is 0.125. The fourth-order valence-corrected chi connectivity index (χ4v) is 3.30. The van der Waals surface area contributed by atoms with Gasteiger partial charge in [-0.15, -0.1) is 0 Å². The first kappa shape index (κ1) is 20.3. The van der Waals surface area contributed by atoms with Gasteiger partial charge >= 0.3 is 5.97 Å². The third-order valence-corrected chi connectivity index (χ3v) is 4.84. The zero-order valence-electron chi connectivity index (χ0n) is 16.6. The van der Waals surface area contributed by atoms with Crippen molar-refractivity contribution in [2.75, 3.05) is 11.5 Å². The van der Waals surface area contributed by atoms with Crippen LogP contribution in [-0.4, -0.2) is 24.4 Å². The summed E-state index contributed by atoms with van der Waals surface area (Å²) in [5, 5.41) is 0. The second-order valence-electron chi connectivity index (χ2n) is 6.80. The van der Waals surface area contributed by atoms with Gasteiger partial charge in [-0.25, -0.2) is 14.1 Å². The summed E-state index contributed by atoms with van der Waals surface area (Å²) in [6, 6.07) is 16.7. The number of esters is 1. The predicted molar refractivity (Wildman–Crippen MR) is 111 cm³/mol. The van der Waals surface area contributed by atoms with E-state index in [1.807, 2.05) is 6.92 Å². The summed E-state index contributed by atoms with van der Waals surface area (Å²) in [6.45, 7) is 2.12. The van der Waals surface area contributed by atoms with Gasteiger partial charge in [0.1, 0.15) is 18.2 Å². The highest BCUT2D eigenvalue weighted by molar-refractivity contribution is 6.34. The maximum Gasteiger partial charge on any atom is 0.338 e. The molecule has 0 N–H and O–H groups in total. The van der Waals surface area contributed by atoms with Crippen LogP contribution >= 0.6 is 0 Å². The highest BCUT2D eigenvalue weighted by Crippen LogP contribution is 2.30. The molecule has 0 fully saturated rings. The van der Waals surface area contributed by atoms with E-state index >= 15 is 0 Å². The third kappa shape index (κ3) is 3.90. The lowest BCUT2D eigenvalue weighted by molar-refractivity contribution is 0.0468. The summed E-state index contributed by atoms with van der Waals surface area (Å²) < 4.78 is 24.2. The number of nitrogens with zero attached hydrogens (tertiary/aromatic N) is 1. The van der Waals surface area contributed by atoms with Crippen LogP contribution in [0.4, 0.5) is 10.1 Å². The van der Waals surface area contributed by atoms with Gasteiger partial charge in [0.15, 0.2) is 0 Å². The number of hydrogen-bond acceptors (Lipinski definition) is 5. The molecule has 0 spiro atoms. The molecule has 1 aliphatic heterocycles. The molecule has 0 atom stereocenters. The lowest BCUT2D eigenvalue weighted by atomic mass is 10.1. The van der Waals surface area contributed by atoms with E-state index in [4.69, 9.17) is 9.47 Å². The number of hydrogen-bond donors (Lipinski definition) is 0. The Kier molecular flexibility index (Phi) is 5.49. The van der Waals surface area contributed by atoms with E-state index < -0.39 is 23.6 Å². The van der Waals surface area contributed by atoms with Crippen molar-refractivity contribution in [1.82, 2.24) is 0 Å². The number of rotatable bonds is 6. The molecule has 31 heavy (non-hydrogen) atoms. The summed E-state index contributed by atoms with van der Waals surface area (Å²) in [5.74, 6) is -1.58. The first-order valence-electron chi connectivity index (χ1n) is 9.66. The van der Waals surface area contributed by atoms with E-state index in [1.54, 1.807) is 36.4 Å². The molecule has 3 aromatic rings. The Morgan fingerprint density at radius 1 is 0.935 bits per heavy atom. The lowest BCUT2D eigenvalue weighted by Gasteiger charge is -2.14. The monoisotopic (exact) mass is 419 g/mol. The van der Waals surface area contributed by atoms with E-state index in [2.05, 4.69) is 0 Å². The van der Waals surface area contributed by atoms with Crippen molar-refractivity contribution in [1.29, 1.82) is 0 Å². The van der Waals surface area contributed by atoms with Crippen LogP contribution in [0.2, 0.25) is 0 Å². The zero-order chi connectivity index (χ0) is 22.0. The number of carbonyl (C=O) groups excluding carboxylic acids is 3. The van der Waals surface area contributed by atoms with Crippen LogP contribution in [0.5, 0.6) is 5.75 Å². The van der Waals surface area contributed by atoms with E-state index in [0.29, 0.717) is 18.0 Å². The van der Waals surface area contributed by atoms with Crippen molar-refractivity contribution in [2.24, 2.45) is 0 Å². The Labute approximate surface area is 177 Å². The van der Waals surface area contributed by atoms with Gasteiger partial charge in [0.2, 0.25) is 0 Å². The highest BCUT2D eigenvalue weighted by Gasteiger charge is 2.37. The normalized spacial score (nSPS) is 12.6. The molecular weight excluding hydrogens is 401 g/mol. The Bertz CT molecular complexity index is 1170. The Balaban J connectivity index is 1.53. The maximum atomic E-state index is 13.7. The summed E-state index contributed by atoms with van der Waals surface area (Å²) in [7, 11) is 0. The van der Waals surface area contributed by atoms with Crippen LogP contribution in [0.3, 0.4) is 0 Å². The van der Waals surface area contributed by atoms with Gasteiger partial charge in [0, 0.05) is 5.56 Å². The van der Waals surface area contributed by atoms with Crippen LogP contribution in [0.1, 0.15) is 43.6 Å². The molecule has 4 rings (SSSR count). The van der Waals surface area contributed by atoms with E-state index in [0.717, 1.165) is 4.90 Å². The molecule has 0 saturated heterocycles. The molecule has 1 aliphatic rings. The number of amides is 2. The smallest absolute Gasteiger partial charge is 0.338 e. The summed E-state index contributed by atoms with van der Waals surface area (Å²) in [4.78, 5) is 39.1. The second kappa shape index (κ2) is 8.39. The minimum atomic E-state index is -0.717. The first-order chi connectivity index (χ1) is 15.0. The lowest BCUT2D eigenvalue weighted by Crippen LogP contribution is -2.29. The molecule has 7 heteroatoms. The SMILES string of the molecule is CCOc1ccc(N2C(=O)c3ccc(C(=O)OCc4ccccc4F)cc3C2=O)cc1. The van der Waals surface area contributed by atoms with Crippen LogP contribution in [0.25, 0.3) is 0 Å². The van der Waals surface area contributed by atoms with E-state index in [-0.39, 0.29) is 28.9 Å². The third-order valence-electron chi connectivity index (χ3n) is 4.84. The molecule has 0 aromatic heterocycles. The van der Waals surface area contributed by atoms with E-state index in [9.17, 15) is 18.8 Å². The summed E-state index contributed by atoms with van der Waals surface area (Å²) in [5.41, 5.74) is 1.05. The Hall–Kier alpha value is -4.00. The van der Waals surface area contributed by atoms with Gasteiger partial charge in [-0.05, 0) is 55.5 Å². The molecular formula is C24H18FNO5. The van der Waals surface area contributed by atoms with Crippen LogP contribution in [-0.2, 0) is 11.3 Å². The van der Waals surface area contributed by atoms with Gasteiger partial charge in [0.05, 0.1) is 29.0 Å². The Morgan fingerprint density at radius 2 is 1.65 bits per heavy atom. The minimum Gasteiger partial charge on any atom is -0.494 e. The average Bonchev–Trinajstić information content (AvgIpc) is 3.03. The molecule has 0 aliphatic carbocycles. The topological polar surface area (TPSA) is 72.9 Å². The van der Waals surface area contributed by atoms with Crippen LogP contribution < -0.4 is 9.64 Å².